The van der Waals surface area contributed by atoms with Crippen molar-refractivity contribution in [3.63, 3.8) is 0 Å². The molecule has 0 aromatic heterocycles. The molecule has 0 spiro atoms. The molecule has 0 heterocycles. The summed E-state index contributed by atoms with van der Waals surface area (Å²) in [5, 5.41) is 0. The normalized spacial score (nSPS) is 9.93. The van der Waals surface area contributed by atoms with Crippen molar-refractivity contribution in [1.29, 1.82) is 0 Å². The average molecular weight is 219 g/mol. The van der Waals surface area contributed by atoms with Gasteiger partial charge in [0.25, 0.3) is 0 Å². The van der Waals surface area contributed by atoms with Crippen LogP contribution >= 0.6 is 11.6 Å². The van der Waals surface area contributed by atoms with Gasteiger partial charge in [0.2, 0.25) is 0 Å². The summed E-state index contributed by atoms with van der Waals surface area (Å²) in [6.45, 7) is 3.71. The molecule has 0 unspecified atom stereocenters. The standard InChI is InChI=1S/C10H9ClF2O/c1-7(5-11)6-14-10-3-2-8(12)4-9(10)13/h2-4H,1,5-6H2. The van der Waals surface area contributed by atoms with Gasteiger partial charge in [0.15, 0.2) is 11.6 Å². The van der Waals surface area contributed by atoms with Crippen molar-refractivity contribution in [1.82, 2.24) is 0 Å². The monoisotopic (exact) mass is 218 g/mol. The quantitative estimate of drug-likeness (QED) is 0.557. The van der Waals surface area contributed by atoms with Gasteiger partial charge >= 0.3 is 0 Å². The molecule has 0 radical (unpaired) electrons. The van der Waals surface area contributed by atoms with E-state index in [-0.39, 0.29) is 18.2 Å². The molecule has 1 rings (SSSR count). The molecule has 1 aromatic rings. The number of hydrogen-bond donors (Lipinski definition) is 0. The van der Waals surface area contributed by atoms with Crippen molar-refractivity contribution in [2.75, 3.05) is 12.5 Å². The zero-order valence-corrected chi connectivity index (χ0v) is 8.15. The van der Waals surface area contributed by atoms with E-state index < -0.39 is 11.6 Å². The zero-order chi connectivity index (χ0) is 10.6. The van der Waals surface area contributed by atoms with Crippen LogP contribution in [0.1, 0.15) is 0 Å². The minimum absolute atomic E-state index is 0.00216. The summed E-state index contributed by atoms with van der Waals surface area (Å²) in [5.41, 5.74) is 0.635. The lowest BCUT2D eigenvalue weighted by atomic mass is 10.3. The number of benzene rings is 1. The highest BCUT2D eigenvalue weighted by atomic mass is 35.5. The van der Waals surface area contributed by atoms with E-state index in [1.807, 2.05) is 0 Å². The van der Waals surface area contributed by atoms with Gasteiger partial charge in [-0.2, -0.15) is 0 Å². The molecule has 14 heavy (non-hydrogen) atoms. The molecule has 4 heteroatoms. The van der Waals surface area contributed by atoms with Gasteiger partial charge < -0.3 is 4.74 Å². The summed E-state index contributed by atoms with van der Waals surface area (Å²) in [4.78, 5) is 0. The van der Waals surface area contributed by atoms with Crippen LogP contribution in [-0.2, 0) is 0 Å². The van der Waals surface area contributed by atoms with E-state index in [0.717, 1.165) is 12.1 Å². The van der Waals surface area contributed by atoms with Crippen LogP contribution in [0.2, 0.25) is 0 Å². The largest absolute Gasteiger partial charge is 0.486 e. The van der Waals surface area contributed by atoms with Crippen molar-refractivity contribution in [3.05, 3.63) is 42.0 Å². The van der Waals surface area contributed by atoms with Gasteiger partial charge in [-0.15, -0.1) is 11.6 Å². The highest BCUT2D eigenvalue weighted by molar-refractivity contribution is 6.19. The highest BCUT2D eigenvalue weighted by Crippen LogP contribution is 2.18. The number of alkyl halides is 1. The molecule has 0 saturated heterocycles. The molecule has 0 aliphatic carbocycles. The summed E-state index contributed by atoms with van der Waals surface area (Å²) in [7, 11) is 0. The van der Waals surface area contributed by atoms with Crippen LogP contribution in [0, 0.1) is 11.6 Å². The summed E-state index contributed by atoms with van der Waals surface area (Å²) in [6.07, 6.45) is 0. The van der Waals surface area contributed by atoms with Crippen LogP contribution in [-0.4, -0.2) is 12.5 Å². The van der Waals surface area contributed by atoms with Crippen LogP contribution in [0.15, 0.2) is 30.4 Å². The Hall–Kier alpha value is -1.09. The van der Waals surface area contributed by atoms with Gasteiger partial charge in [-0.25, -0.2) is 8.78 Å². The van der Waals surface area contributed by atoms with Crippen LogP contribution in [0.4, 0.5) is 8.78 Å². The van der Waals surface area contributed by atoms with Crippen LogP contribution in [0.3, 0.4) is 0 Å². The van der Waals surface area contributed by atoms with Crippen molar-refractivity contribution in [3.8, 4) is 5.75 Å². The lowest BCUT2D eigenvalue weighted by Gasteiger charge is -2.07. The first-order valence-corrected chi connectivity index (χ1v) is 4.47. The minimum atomic E-state index is -0.729. The molecular formula is C10H9ClF2O. The summed E-state index contributed by atoms with van der Waals surface area (Å²) < 4.78 is 30.5. The van der Waals surface area contributed by atoms with E-state index in [1.165, 1.54) is 6.07 Å². The maximum Gasteiger partial charge on any atom is 0.167 e. The maximum atomic E-state index is 13.0. The zero-order valence-electron chi connectivity index (χ0n) is 7.40. The van der Waals surface area contributed by atoms with Crippen LogP contribution < -0.4 is 4.74 Å². The first-order valence-electron chi connectivity index (χ1n) is 3.94. The van der Waals surface area contributed by atoms with E-state index in [9.17, 15) is 8.78 Å². The van der Waals surface area contributed by atoms with Gasteiger partial charge in [0.1, 0.15) is 12.4 Å². The molecule has 0 atom stereocenters. The fraction of sp³-hybridized carbons (Fsp3) is 0.200. The second kappa shape index (κ2) is 4.96. The topological polar surface area (TPSA) is 9.23 Å². The third-order valence-corrected chi connectivity index (χ3v) is 1.89. The Morgan fingerprint density at radius 3 is 2.71 bits per heavy atom. The average Bonchev–Trinajstić information content (AvgIpc) is 2.16. The molecule has 0 amide bonds. The smallest absolute Gasteiger partial charge is 0.167 e. The predicted octanol–water partition coefficient (Wildman–Crippen LogP) is 3.14. The van der Waals surface area contributed by atoms with Gasteiger partial charge in [-0.3, -0.25) is 0 Å². The first kappa shape index (κ1) is 11.0. The molecule has 0 fully saturated rings. The summed E-state index contributed by atoms with van der Waals surface area (Å²) in [6, 6.07) is 3.12. The fourth-order valence-electron chi connectivity index (χ4n) is 0.811. The second-order valence-electron chi connectivity index (χ2n) is 2.75. The fourth-order valence-corrected chi connectivity index (χ4v) is 0.888. The predicted molar refractivity (Wildman–Crippen MR) is 51.7 cm³/mol. The van der Waals surface area contributed by atoms with Gasteiger partial charge in [-0.05, 0) is 17.7 Å². The van der Waals surface area contributed by atoms with E-state index >= 15 is 0 Å². The molecule has 76 valence electrons. The van der Waals surface area contributed by atoms with Crippen LogP contribution in [0.5, 0.6) is 5.75 Å². The Labute approximate surface area is 85.9 Å². The number of rotatable bonds is 4. The lowest BCUT2D eigenvalue weighted by molar-refractivity contribution is 0.331. The maximum absolute atomic E-state index is 13.0. The Balaban J connectivity index is 2.63. The third-order valence-electron chi connectivity index (χ3n) is 1.51. The Kier molecular flexibility index (Phi) is 3.89. The SMILES string of the molecule is C=C(CCl)COc1ccc(F)cc1F. The second-order valence-corrected chi connectivity index (χ2v) is 3.01. The van der Waals surface area contributed by atoms with Crippen molar-refractivity contribution >= 4 is 11.6 Å². The third kappa shape index (κ3) is 3.00. The minimum Gasteiger partial charge on any atom is -0.486 e. The van der Waals surface area contributed by atoms with Gasteiger partial charge in [-0.1, -0.05) is 6.58 Å². The van der Waals surface area contributed by atoms with Crippen molar-refractivity contribution in [2.24, 2.45) is 0 Å². The van der Waals surface area contributed by atoms with Gasteiger partial charge in [0, 0.05) is 11.9 Å². The molecular weight excluding hydrogens is 210 g/mol. The van der Waals surface area contributed by atoms with E-state index in [4.69, 9.17) is 16.3 Å². The van der Waals surface area contributed by atoms with Crippen molar-refractivity contribution < 1.29 is 13.5 Å². The molecule has 0 N–H and O–H groups in total. The molecule has 1 aromatic carbocycles. The Bertz CT molecular complexity index is 339. The number of halogens is 3. The van der Waals surface area contributed by atoms with Crippen molar-refractivity contribution in [2.45, 2.75) is 0 Å². The van der Waals surface area contributed by atoms with E-state index in [0.29, 0.717) is 5.57 Å². The summed E-state index contributed by atoms with van der Waals surface area (Å²) in [5.74, 6) is -1.11. The Morgan fingerprint density at radius 1 is 1.43 bits per heavy atom. The molecule has 0 aliphatic rings. The molecule has 0 saturated carbocycles. The van der Waals surface area contributed by atoms with Crippen LogP contribution in [0.25, 0.3) is 0 Å². The number of ether oxygens (including phenoxy) is 1. The molecule has 0 bridgehead atoms. The molecule has 1 nitrogen and oxygen atoms in total. The van der Waals surface area contributed by atoms with Gasteiger partial charge in [0.05, 0.1) is 0 Å². The number of hydrogen-bond acceptors (Lipinski definition) is 1. The van der Waals surface area contributed by atoms with E-state index in [2.05, 4.69) is 6.58 Å². The molecule has 0 aliphatic heterocycles. The first-order chi connectivity index (χ1) is 6.63. The Morgan fingerprint density at radius 2 is 2.14 bits per heavy atom. The summed E-state index contributed by atoms with van der Waals surface area (Å²) >= 11 is 5.45. The van der Waals surface area contributed by atoms with E-state index in [1.54, 1.807) is 0 Å². The highest BCUT2D eigenvalue weighted by Gasteiger charge is 2.04. The lowest BCUT2D eigenvalue weighted by Crippen LogP contribution is -2.02.